The van der Waals surface area contributed by atoms with Crippen molar-refractivity contribution in [3.05, 3.63) is 36.2 Å². The van der Waals surface area contributed by atoms with E-state index in [4.69, 9.17) is 9.47 Å². The maximum Gasteiger partial charge on any atom is 0.228 e. The zero-order valence-electron chi connectivity index (χ0n) is 13.5. The lowest BCUT2D eigenvalue weighted by Gasteiger charge is -2.34. The van der Waals surface area contributed by atoms with Gasteiger partial charge in [0.15, 0.2) is 0 Å². The van der Waals surface area contributed by atoms with Gasteiger partial charge >= 0.3 is 0 Å². The van der Waals surface area contributed by atoms with Crippen molar-refractivity contribution in [1.82, 2.24) is 19.9 Å². The fourth-order valence-electron chi connectivity index (χ4n) is 2.59. The van der Waals surface area contributed by atoms with Crippen LogP contribution in [0.15, 0.2) is 30.5 Å². The van der Waals surface area contributed by atoms with E-state index in [0.717, 1.165) is 44.4 Å². The molecule has 1 aliphatic heterocycles. The van der Waals surface area contributed by atoms with Crippen molar-refractivity contribution in [2.45, 2.75) is 6.54 Å². The first-order valence-electron chi connectivity index (χ1n) is 7.63. The first-order valence-corrected chi connectivity index (χ1v) is 7.63. The molecule has 3 heterocycles. The topological polar surface area (TPSA) is 63.6 Å². The highest BCUT2D eigenvalue weighted by atomic mass is 16.5. The molecule has 0 spiro atoms. The average Bonchev–Trinajstić information content (AvgIpc) is 2.62. The van der Waals surface area contributed by atoms with E-state index in [1.807, 2.05) is 18.2 Å². The summed E-state index contributed by atoms with van der Waals surface area (Å²) in [5, 5.41) is 0. The van der Waals surface area contributed by atoms with E-state index in [2.05, 4.69) is 24.8 Å². The van der Waals surface area contributed by atoms with E-state index in [1.165, 1.54) is 0 Å². The van der Waals surface area contributed by atoms with Gasteiger partial charge < -0.3 is 14.4 Å². The van der Waals surface area contributed by atoms with Gasteiger partial charge in [0.2, 0.25) is 17.7 Å². The quantitative estimate of drug-likeness (QED) is 0.822. The van der Waals surface area contributed by atoms with Gasteiger partial charge in [0, 0.05) is 51.1 Å². The number of piperazine rings is 1. The Bertz CT molecular complexity index is 644. The van der Waals surface area contributed by atoms with Gasteiger partial charge in [-0.15, -0.1) is 0 Å². The summed E-state index contributed by atoms with van der Waals surface area (Å²) in [6, 6.07) is 7.62. The summed E-state index contributed by atoms with van der Waals surface area (Å²) in [7, 11) is 3.25. The fourth-order valence-corrected chi connectivity index (χ4v) is 2.59. The Hall–Kier alpha value is -2.41. The maximum absolute atomic E-state index is 5.17. The van der Waals surface area contributed by atoms with Gasteiger partial charge in [-0.25, -0.2) is 9.97 Å². The third kappa shape index (κ3) is 3.87. The molecular weight excluding hydrogens is 294 g/mol. The van der Waals surface area contributed by atoms with E-state index in [9.17, 15) is 0 Å². The number of methoxy groups -OCH3 is 2. The molecule has 7 nitrogen and oxygen atoms in total. The largest absolute Gasteiger partial charge is 0.481 e. The summed E-state index contributed by atoms with van der Waals surface area (Å²) in [6.45, 7) is 4.48. The van der Waals surface area contributed by atoms with Crippen molar-refractivity contribution in [1.29, 1.82) is 0 Å². The molecule has 1 fully saturated rings. The predicted octanol–water partition coefficient (Wildman–Crippen LogP) is 1.21. The second kappa shape index (κ2) is 7.23. The van der Waals surface area contributed by atoms with Crippen LogP contribution >= 0.6 is 0 Å². The van der Waals surface area contributed by atoms with Crippen molar-refractivity contribution in [3.63, 3.8) is 0 Å². The molecule has 0 unspecified atom stereocenters. The Labute approximate surface area is 135 Å². The number of anilines is 1. The van der Waals surface area contributed by atoms with Crippen LogP contribution in [-0.2, 0) is 6.54 Å². The smallest absolute Gasteiger partial charge is 0.228 e. The molecule has 0 aromatic carbocycles. The van der Waals surface area contributed by atoms with Crippen molar-refractivity contribution < 1.29 is 9.47 Å². The molecule has 0 N–H and O–H groups in total. The summed E-state index contributed by atoms with van der Waals surface area (Å²) in [5.74, 6) is 1.98. The summed E-state index contributed by atoms with van der Waals surface area (Å²) >= 11 is 0. The highest BCUT2D eigenvalue weighted by molar-refractivity contribution is 5.32. The second-order valence-electron chi connectivity index (χ2n) is 5.33. The lowest BCUT2D eigenvalue weighted by Crippen LogP contribution is -2.46. The van der Waals surface area contributed by atoms with Crippen molar-refractivity contribution in [2.75, 3.05) is 45.3 Å². The van der Waals surface area contributed by atoms with Crippen molar-refractivity contribution >= 4 is 5.95 Å². The summed E-state index contributed by atoms with van der Waals surface area (Å²) < 4.78 is 10.3. The van der Waals surface area contributed by atoms with Gasteiger partial charge in [-0.3, -0.25) is 4.90 Å². The predicted molar refractivity (Wildman–Crippen MR) is 86.9 cm³/mol. The molecule has 0 bridgehead atoms. The number of rotatable bonds is 5. The minimum Gasteiger partial charge on any atom is -0.481 e. The molecule has 1 saturated heterocycles. The van der Waals surface area contributed by atoms with Crippen LogP contribution < -0.4 is 14.4 Å². The second-order valence-corrected chi connectivity index (χ2v) is 5.33. The van der Waals surface area contributed by atoms with E-state index in [0.29, 0.717) is 11.8 Å². The Morgan fingerprint density at radius 1 is 0.957 bits per heavy atom. The van der Waals surface area contributed by atoms with Crippen LogP contribution in [0.2, 0.25) is 0 Å². The molecule has 7 heteroatoms. The molecule has 0 radical (unpaired) electrons. The minimum atomic E-state index is 0.595. The van der Waals surface area contributed by atoms with Crippen molar-refractivity contribution in [3.8, 4) is 11.8 Å². The number of hydrogen-bond acceptors (Lipinski definition) is 7. The standard InChI is InChI=1S/C16H21N5O2/c1-22-14-5-3-4-13(18-14)12-20-8-10-21(11-9-20)16-17-7-6-15(19-16)23-2/h3-7H,8-12H2,1-2H3. The number of hydrogen-bond donors (Lipinski definition) is 0. The molecule has 122 valence electrons. The van der Waals surface area contributed by atoms with Gasteiger partial charge in [0.1, 0.15) is 0 Å². The zero-order valence-corrected chi connectivity index (χ0v) is 13.5. The van der Waals surface area contributed by atoms with Crippen LogP contribution in [0, 0.1) is 0 Å². The van der Waals surface area contributed by atoms with E-state index < -0.39 is 0 Å². The molecule has 3 rings (SSSR count). The minimum absolute atomic E-state index is 0.595. The summed E-state index contributed by atoms with van der Waals surface area (Å²) in [5.41, 5.74) is 1.02. The van der Waals surface area contributed by atoms with Crippen LogP contribution in [0.3, 0.4) is 0 Å². The summed E-state index contributed by atoms with van der Waals surface area (Å²) in [4.78, 5) is 17.7. The molecule has 0 saturated carbocycles. The molecule has 1 aliphatic rings. The molecule has 0 aliphatic carbocycles. The number of ether oxygens (including phenoxy) is 2. The zero-order chi connectivity index (χ0) is 16.1. The average molecular weight is 315 g/mol. The van der Waals surface area contributed by atoms with Crippen molar-refractivity contribution in [2.24, 2.45) is 0 Å². The van der Waals surface area contributed by atoms with E-state index in [-0.39, 0.29) is 0 Å². The van der Waals surface area contributed by atoms with Crippen LogP contribution in [0.5, 0.6) is 11.8 Å². The van der Waals surface area contributed by atoms with Gasteiger partial charge in [0.25, 0.3) is 0 Å². The molecule has 2 aromatic heterocycles. The monoisotopic (exact) mass is 315 g/mol. The fraction of sp³-hybridized carbons (Fsp3) is 0.438. The van der Waals surface area contributed by atoms with Crippen LogP contribution in [-0.4, -0.2) is 60.3 Å². The molecule has 2 aromatic rings. The lowest BCUT2D eigenvalue weighted by molar-refractivity contribution is 0.244. The van der Waals surface area contributed by atoms with Gasteiger partial charge in [-0.05, 0) is 6.07 Å². The first kappa shape index (κ1) is 15.5. The van der Waals surface area contributed by atoms with E-state index >= 15 is 0 Å². The summed E-state index contributed by atoms with van der Waals surface area (Å²) in [6.07, 6.45) is 1.73. The van der Waals surface area contributed by atoms with Gasteiger partial charge in [-0.2, -0.15) is 4.98 Å². The SMILES string of the molecule is COc1cccc(CN2CCN(c3nccc(OC)n3)CC2)n1. The van der Waals surface area contributed by atoms with Gasteiger partial charge in [-0.1, -0.05) is 6.07 Å². The van der Waals surface area contributed by atoms with Crippen LogP contribution in [0.1, 0.15) is 5.69 Å². The van der Waals surface area contributed by atoms with E-state index in [1.54, 1.807) is 26.5 Å². The molecule has 23 heavy (non-hydrogen) atoms. The molecule has 0 amide bonds. The van der Waals surface area contributed by atoms with Crippen LogP contribution in [0.25, 0.3) is 0 Å². The Kier molecular flexibility index (Phi) is 4.87. The highest BCUT2D eigenvalue weighted by Crippen LogP contribution is 2.16. The number of pyridine rings is 1. The third-order valence-electron chi connectivity index (χ3n) is 3.86. The molecule has 0 atom stereocenters. The normalized spacial score (nSPS) is 15.5. The maximum atomic E-state index is 5.17. The highest BCUT2D eigenvalue weighted by Gasteiger charge is 2.19. The third-order valence-corrected chi connectivity index (χ3v) is 3.86. The Morgan fingerprint density at radius 3 is 2.43 bits per heavy atom. The van der Waals surface area contributed by atoms with Crippen LogP contribution in [0.4, 0.5) is 5.95 Å². The first-order chi connectivity index (χ1) is 11.3. The Morgan fingerprint density at radius 2 is 1.70 bits per heavy atom. The number of nitrogens with zero attached hydrogens (tertiary/aromatic N) is 5. The molecular formula is C16H21N5O2. The Balaban J connectivity index is 1.57. The number of aromatic nitrogens is 3. The van der Waals surface area contributed by atoms with Gasteiger partial charge in [0.05, 0.1) is 19.9 Å². The lowest BCUT2D eigenvalue weighted by atomic mass is 10.2.